The Balaban J connectivity index is 1.84. The fraction of sp³-hybridized carbons (Fsp3) is 0.368. The van der Waals surface area contributed by atoms with Gasteiger partial charge in [-0.25, -0.2) is 4.98 Å². The van der Waals surface area contributed by atoms with E-state index in [4.69, 9.17) is 9.57 Å². The van der Waals surface area contributed by atoms with Gasteiger partial charge in [0.25, 0.3) is 5.91 Å². The van der Waals surface area contributed by atoms with Crippen LogP contribution >= 0.6 is 0 Å². The molecule has 8 nitrogen and oxygen atoms in total. The molecule has 8 heteroatoms. The predicted octanol–water partition coefficient (Wildman–Crippen LogP) is 2.21. The predicted molar refractivity (Wildman–Crippen MR) is 107 cm³/mol. The number of benzene rings is 1. The molecule has 1 aliphatic rings. The average molecular weight is 371 g/mol. The highest BCUT2D eigenvalue weighted by atomic mass is 16.6. The van der Waals surface area contributed by atoms with Gasteiger partial charge in [-0.15, -0.1) is 0 Å². The van der Waals surface area contributed by atoms with Crippen LogP contribution in [0.5, 0.6) is 0 Å². The highest BCUT2D eigenvalue weighted by Gasteiger charge is 2.17. The second-order valence-electron chi connectivity index (χ2n) is 6.40. The van der Waals surface area contributed by atoms with Crippen molar-refractivity contribution in [1.29, 1.82) is 0 Å². The standard InChI is InChI=1S/C19H25N5O3/c1-23(2)16-6-4-5-14(11-16)20-19(25)17-12-15(22-26-3)13-18(21-17)24-7-9-27-10-8-24/h4-6,11-13H,7-10H2,1-3H3,(H,20,25)(H,21,22). The molecule has 1 aromatic carbocycles. The van der Waals surface area contributed by atoms with Gasteiger partial charge in [0.15, 0.2) is 0 Å². The van der Waals surface area contributed by atoms with Gasteiger partial charge in [0.2, 0.25) is 0 Å². The maximum Gasteiger partial charge on any atom is 0.274 e. The average Bonchev–Trinajstić information content (AvgIpc) is 2.69. The van der Waals surface area contributed by atoms with Gasteiger partial charge in [0, 0.05) is 44.6 Å². The van der Waals surface area contributed by atoms with Crippen LogP contribution in [0.1, 0.15) is 10.5 Å². The van der Waals surface area contributed by atoms with Gasteiger partial charge in [-0.2, -0.15) is 0 Å². The lowest BCUT2D eigenvalue weighted by Crippen LogP contribution is -2.37. The normalized spacial score (nSPS) is 14.0. The van der Waals surface area contributed by atoms with Crippen LogP contribution < -0.4 is 20.6 Å². The van der Waals surface area contributed by atoms with Crippen molar-refractivity contribution in [3.8, 4) is 0 Å². The van der Waals surface area contributed by atoms with Crippen molar-refractivity contribution in [2.75, 3.05) is 68.1 Å². The van der Waals surface area contributed by atoms with Crippen molar-refractivity contribution < 1.29 is 14.4 Å². The smallest absolute Gasteiger partial charge is 0.274 e. The van der Waals surface area contributed by atoms with Crippen molar-refractivity contribution in [2.45, 2.75) is 0 Å². The quantitative estimate of drug-likeness (QED) is 0.754. The first-order chi connectivity index (χ1) is 13.1. The van der Waals surface area contributed by atoms with Crippen LogP contribution in [0.2, 0.25) is 0 Å². The number of rotatable bonds is 6. The van der Waals surface area contributed by atoms with Gasteiger partial charge in [0.05, 0.1) is 26.0 Å². The first-order valence-electron chi connectivity index (χ1n) is 8.79. The third-order valence-corrected chi connectivity index (χ3v) is 4.22. The number of hydrogen-bond donors (Lipinski definition) is 2. The topological polar surface area (TPSA) is 79.0 Å². The minimum absolute atomic E-state index is 0.278. The van der Waals surface area contributed by atoms with Crippen molar-refractivity contribution in [1.82, 2.24) is 4.98 Å². The Hall–Kier alpha value is -2.84. The number of pyridine rings is 1. The molecule has 0 radical (unpaired) electrons. The first kappa shape index (κ1) is 18.9. The number of aromatic nitrogens is 1. The summed E-state index contributed by atoms with van der Waals surface area (Å²) in [5.74, 6) is 0.438. The molecule has 0 unspecified atom stereocenters. The molecule has 27 heavy (non-hydrogen) atoms. The molecule has 2 aromatic rings. The van der Waals surface area contributed by atoms with E-state index in [9.17, 15) is 4.79 Å². The fourth-order valence-corrected chi connectivity index (χ4v) is 2.82. The number of morpholine rings is 1. The van der Waals surface area contributed by atoms with E-state index in [0.29, 0.717) is 36.1 Å². The number of nitrogens with one attached hydrogen (secondary N) is 2. The third kappa shape index (κ3) is 4.87. The Morgan fingerprint density at radius 2 is 1.96 bits per heavy atom. The number of ether oxygens (including phenoxy) is 1. The van der Waals surface area contributed by atoms with Gasteiger partial charge in [0.1, 0.15) is 11.5 Å². The van der Waals surface area contributed by atoms with Crippen molar-refractivity contribution >= 4 is 28.8 Å². The molecule has 0 spiro atoms. The SMILES string of the molecule is CONc1cc(C(=O)Nc2cccc(N(C)C)c2)nc(N2CCOCC2)c1. The largest absolute Gasteiger partial charge is 0.378 e. The lowest BCUT2D eigenvalue weighted by atomic mass is 10.2. The maximum atomic E-state index is 12.8. The van der Waals surface area contributed by atoms with E-state index < -0.39 is 0 Å². The Morgan fingerprint density at radius 3 is 2.67 bits per heavy atom. The summed E-state index contributed by atoms with van der Waals surface area (Å²) in [5, 5.41) is 2.91. The van der Waals surface area contributed by atoms with Crippen molar-refractivity contribution in [2.24, 2.45) is 0 Å². The summed E-state index contributed by atoms with van der Waals surface area (Å²) >= 11 is 0. The van der Waals surface area contributed by atoms with Gasteiger partial charge in [-0.1, -0.05) is 6.07 Å². The van der Waals surface area contributed by atoms with E-state index in [1.807, 2.05) is 49.3 Å². The van der Waals surface area contributed by atoms with Gasteiger partial charge in [-0.05, 0) is 24.3 Å². The molecule has 0 aliphatic carbocycles. The molecular weight excluding hydrogens is 346 g/mol. The molecule has 1 saturated heterocycles. The second-order valence-corrected chi connectivity index (χ2v) is 6.40. The molecule has 1 aromatic heterocycles. The van der Waals surface area contributed by atoms with E-state index >= 15 is 0 Å². The monoisotopic (exact) mass is 371 g/mol. The lowest BCUT2D eigenvalue weighted by Gasteiger charge is -2.28. The number of amides is 1. The summed E-state index contributed by atoms with van der Waals surface area (Å²) in [5.41, 5.74) is 5.49. The molecular formula is C19H25N5O3. The molecule has 1 amide bonds. The number of hydrogen-bond acceptors (Lipinski definition) is 7. The van der Waals surface area contributed by atoms with Crippen LogP contribution in [-0.4, -0.2) is 58.4 Å². The highest BCUT2D eigenvalue weighted by molar-refractivity contribution is 6.04. The summed E-state index contributed by atoms with van der Waals surface area (Å²) in [4.78, 5) is 26.4. The zero-order valence-corrected chi connectivity index (χ0v) is 15.9. The number of carbonyl (C=O) groups excluding carboxylic acids is 1. The highest BCUT2D eigenvalue weighted by Crippen LogP contribution is 2.22. The lowest BCUT2D eigenvalue weighted by molar-refractivity contribution is 0.102. The van der Waals surface area contributed by atoms with Crippen LogP contribution in [0.25, 0.3) is 0 Å². The molecule has 0 bridgehead atoms. The second kappa shape index (κ2) is 8.70. The molecule has 1 fully saturated rings. The summed E-state index contributed by atoms with van der Waals surface area (Å²) in [6.45, 7) is 2.75. The molecule has 3 rings (SSSR count). The van der Waals surface area contributed by atoms with Crippen LogP contribution in [0, 0.1) is 0 Å². The third-order valence-electron chi connectivity index (χ3n) is 4.22. The first-order valence-corrected chi connectivity index (χ1v) is 8.79. The van der Waals surface area contributed by atoms with Crippen molar-refractivity contribution in [3.63, 3.8) is 0 Å². The molecule has 0 saturated carbocycles. The zero-order valence-electron chi connectivity index (χ0n) is 15.9. The zero-order chi connectivity index (χ0) is 19.2. The number of anilines is 4. The van der Waals surface area contributed by atoms with Crippen molar-refractivity contribution in [3.05, 3.63) is 42.1 Å². The van der Waals surface area contributed by atoms with E-state index in [0.717, 1.165) is 18.8 Å². The fourth-order valence-electron chi connectivity index (χ4n) is 2.82. The summed E-state index contributed by atoms with van der Waals surface area (Å²) in [6.07, 6.45) is 0. The Morgan fingerprint density at radius 1 is 1.19 bits per heavy atom. The molecule has 0 atom stereocenters. The maximum absolute atomic E-state index is 12.8. The van der Waals surface area contributed by atoms with E-state index in [1.54, 1.807) is 6.07 Å². The molecule has 2 N–H and O–H groups in total. The van der Waals surface area contributed by atoms with Crippen LogP contribution in [0.15, 0.2) is 36.4 Å². The van der Waals surface area contributed by atoms with Crippen LogP contribution in [0.4, 0.5) is 22.9 Å². The van der Waals surface area contributed by atoms with E-state index in [1.165, 1.54) is 7.11 Å². The van der Waals surface area contributed by atoms with Gasteiger partial charge < -0.3 is 19.9 Å². The molecule has 1 aliphatic heterocycles. The number of carbonyl (C=O) groups is 1. The van der Waals surface area contributed by atoms with E-state index in [2.05, 4.69) is 20.7 Å². The minimum Gasteiger partial charge on any atom is -0.378 e. The molecule has 2 heterocycles. The Bertz CT molecular complexity index is 791. The summed E-state index contributed by atoms with van der Waals surface area (Å²) < 4.78 is 5.39. The van der Waals surface area contributed by atoms with Crippen LogP contribution in [0.3, 0.4) is 0 Å². The van der Waals surface area contributed by atoms with Gasteiger partial charge in [-0.3, -0.25) is 15.1 Å². The van der Waals surface area contributed by atoms with Crippen LogP contribution in [-0.2, 0) is 9.57 Å². The Labute approximate surface area is 159 Å². The number of nitrogens with zero attached hydrogens (tertiary/aromatic N) is 3. The van der Waals surface area contributed by atoms with Gasteiger partial charge >= 0.3 is 0 Å². The van der Waals surface area contributed by atoms with E-state index in [-0.39, 0.29) is 5.91 Å². The minimum atomic E-state index is -0.278. The Kier molecular flexibility index (Phi) is 6.10. The molecule has 144 valence electrons. The summed E-state index contributed by atoms with van der Waals surface area (Å²) in [7, 11) is 5.44. The summed E-state index contributed by atoms with van der Waals surface area (Å²) in [6, 6.07) is 11.2.